The number of nitrogens with one attached hydrogen (secondary N) is 1. The van der Waals surface area contributed by atoms with Crippen LogP contribution in [0, 0.1) is 5.41 Å². The predicted molar refractivity (Wildman–Crippen MR) is 69.9 cm³/mol. The Morgan fingerprint density at radius 1 is 1.44 bits per heavy atom. The Kier molecular flexibility index (Phi) is 4.32. The fourth-order valence-electron chi connectivity index (χ4n) is 1.16. The molecule has 0 aliphatic heterocycles. The van der Waals surface area contributed by atoms with Gasteiger partial charge in [0.2, 0.25) is 5.91 Å². The molecule has 0 unspecified atom stereocenters. The van der Waals surface area contributed by atoms with E-state index in [4.69, 9.17) is 22.4 Å². The summed E-state index contributed by atoms with van der Waals surface area (Å²) in [6.45, 7) is 3.64. The minimum absolute atomic E-state index is 0.00671. The molecule has 4 N–H and O–H groups in total. The number of amides is 1. The fraction of sp³-hybridized carbons (Fsp3) is 0.333. The molecule has 0 spiro atoms. The number of carbonyl (C=O) groups is 2. The molecule has 0 saturated carbocycles. The van der Waals surface area contributed by atoms with Gasteiger partial charge in [0.1, 0.15) is 0 Å². The SMILES string of the molecule is CC(C)(CN)C(=O)Nc1ccc(C(=O)O)c(Cl)c1. The van der Waals surface area contributed by atoms with E-state index in [0.717, 1.165) is 0 Å². The zero-order valence-electron chi connectivity index (χ0n) is 10.2. The standard InChI is InChI=1S/C12H15ClN2O3/c1-12(2,6-14)11(18)15-7-3-4-8(10(16)17)9(13)5-7/h3-5H,6,14H2,1-2H3,(H,15,18)(H,16,17). The van der Waals surface area contributed by atoms with E-state index in [-0.39, 0.29) is 23.0 Å². The largest absolute Gasteiger partial charge is 0.478 e. The summed E-state index contributed by atoms with van der Waals surface area (Å²) < 4.78 is 0. The van der Waals surface area contributed by atoms with Crippen LogP contribution in [0.5, 0.6) is 0 Å². The lowest BCUT2D eigenvalue weighted by Crippen LogP contribution is -2.37. The van der Waals surface area contributed by atoms with Crippen LogP contribution < -0.4 is 11.1 Å². The third-order valence-electron chi connectivity index (χ3n) is 2.58. The van der Waals surface area contributed by atoms with E-state index in [1.807, 2.05) is 0 Å². The quantitative estimate of drug-likeness (QED) is 0.780. The number of benzene rings is 1. The van der Waals surface area contributed by atoms with Crippen molar-refractivity contribution in [2.24, 2.45) is 11.1 Å². The molecule has 0 heterocycles. The van der Waals surface area contributed by atoms with Gasteiger partial charge in [0.05, 0.1) is 16.0 Å². The van der Waals surface area contributed by atoms with Crippen molar-refractivity contribution in [1.29, 1.82) is 0 Å². The van der Waals surface area contributed by atoms with E-state index in [0.29, 0.717) is 5.69 Å². The van der Waals surface area contributed by atoms with Crippen molar-refractivity contribution >= 4 is 29.2 Å². The minimum atomic E-state index is -1.11. The Hall–Kier alpha value is -1.59. The normalized spacial score (nSPS) is 11.1. The molecule has 0 saturated heterocycles. The molecular weight excluding hydrogens is 256 g/mol. The van der Waals surface area contributed by atoms with E-state index in [9.17, 15) is 9.59 Å². The van der Waals surface area contributed by atoms with Gasteiger partial charge in [-0.25, -0.2) is 4.79 Å². The van der Waals surface area contributed by atoms with Crippen molar-refractivity contribution in [3.8, 4) is 0 Å². The predicted octanol–water partition coefficient (Wildman–Crippen LogP) is 1.96. The molecule has 5 nitrogen and oxygen atoms in total. The summed E-state index contributed by atoms with van der Waals surface area (Å²) in [5.41, 5.74) is 5.23. The first-order valence-electron chi connectivity index (χ1n) is 5.32. The van der Waals surface area contributed by atoms with E-state index >= 15 is 0 Å². The van der Waals surface area contributed by atoms with E-state index in [1.165, 1.54) is 18.2 Å². The van der Waals surface area contributed by atoms with Gasteiger partial charge < -0.3 is 16.2 Å². The van der Waals surface area contributed by atoms with Gasteiger partial charge in [-0.15, -0.1) is 0 Å². The average molecular weight is 271 g/mol. The Morgan fingerprint density at radius 3 is 2.50 bits per heavy atom. The highest BCUT2D eigenvalue weighted by atomic mass is 35.5. The minimum Gasteiger partial charge on any atom is -0.478 e. The summed E-state index contributed by atoms with van der Waals surface area (Å²) in [5, 5.41) is 11.5. The van der Waals surface area contributed by atoms with Gasteiger partial charge in [0, 0.05) is 12.2 Å². The zero-order valence-corrected chi connectivity index (χ0v) is 10.9. The Labute approximate surface area is 110 Å². The summed E-state index contributed by atoms with van der Waals surface area (Å²) in [4.78, 5) is 22.6. The van der Waals surface area contributed by atoms with Gasteiger partial charge in [0.25, 0.3) is 0 Å². The highest BCUT2D eigenvalue weighted by Crippen LogP contribution is 2.23. The van der Waals surface area contributed by atoms with E-state index < -0.39 is 11.4 Å². The van der Waals surface area contributed by atoms with Gasteiger partial charge in [-0.3, -0.25) is 4.79 Å². The van der Waals surface area contributed by atoms with Crippen LogP contribution in [0.1, 0.15) is 24.2 Å². The molecule has 6 heteroatoms. The molecule has 0 atom stereocenters. The van der Waals surface area contributed by atoms with Crippen LogP contribution in [0.4, 0.5) is 5.69 Å². The number of nitrogens with two attached hydrogens (primary N) is 1. The second kappa shape index (κ2) is 5.37. The van der Waals surface area contributed by atoms with Crippen molar-refractivity contribution in [3.63, 3.8) is 0 Å². The summed E-state index contributed by atoms with van der Waals surface area (Å²) in [6.07, 6.45) is 0. The summed E-state index contributed by atoms with van der Waals surface area (Å²) >= 11 is 5.80. The van der Waals surface area contributed by atoms with Crippen LogP contribution in [-0.4, -0.2) is 23.5 Å². The first-order chi connectivity index (χ1) is 8.27. The smallest absolute Gasteiger partial charge is 0.337 e. The molecule has 1 rings (SSSR count). The Morgan fingerprint density at radius 2 is 2.06 bits per heavy atom. The number of hydrogen-bond donors (Lipinski definition) is 3. The Balaban J connectivity index is 2.91. The maximum absolute atomic E-state index is 11.8. The third-order valence-corrected chi connectivity index (χ3v) is 2.90. The van der Waals surface area contributed by atoms with Crippen molar-refractivity contribution in [1.82, 2.24) is 0 Å². The molecular formula is C12H15ClN2O3. The molecule has 0 aromatic heterocycles. The molecule has 98 valence electrons. The highest BCUT2D eigenvalue weighted by molar-refractivity contribution is 6.33. The second-order valence-electron chi connectivity index (χ2n) is 4.54. The number of carboxylic acid groups (broad SMARTS) is 1. The van der Waals surface area contributed by atoms with Gasteiger partial charge in [-0.2, -0.15) is 0 Å². The fourth-order valence-corrected chi connectivity index (χ4v) is 1.42. The molecule has 1 aromatic rings. The first-order valence-corrected chi connectivity index (χ1v) is 5.70. The number of halogens is 1. The van der Waals surface area contributed by atoms with Crippen molar-refractivity contribution in [2.75, 3.05) is 11.9 Å². The molecule has 0 radical (unpaired) electrons. The average Bonchev–Trinajstić information content (AvgIpc) is 2.28. The zero-order chi connectivity index (χ0) is 13.9. The summed E-state index contributed by atoms with van der Waals surface area (Å²) in [5.74, 6) is -1.36. The number of hydrogen-bond acceptors (Lipinski definition) is 3. The lowest BCUT2D eigenvalue weighted by molar-refractivity contribution is -0.123. The number of carboxylic acids is 1. The summed E-state index contributed by atoms with van der Waals surface area (Å²) in [7, 11) is 0. The molecule has 18 heavy (non-hydrogen) atoms. The van der Waals surface area contributed by atoms with E-state index in [1.54, 1.807) is 13.8 Å². The Bertz CT molecular complexity index is 486. The summed E-state index contributed by atoms with van der Waals surface area (Å²) in [6, 6.07) is 4.23. The van der Waals surface area contributed by atoms with Gasteiger partial charge in [-0.1, -0.05) is 11.6 Å². The molecule has 1 aromatic carbocycles. The van der Waals surface area contributed by atoms with Crippen LogP contribution in [0.15, 0.2) is 18.2 Å². The van der Waals surface area contributed by atoms with Crippen molar-refractivity contribution in [2.45, 2.75) is 13.8 Å². The van der Waals surface area contributed by atoms with Crippen LogP contribution >= 0.6 is 11.6 Å². The lowest BCUT2D eigenvalue weighted by atomic mass is 9.92. The third kappa shape index (κ3) is 3.21. The van der Waals surface area contributed by atoms with Crippen LogP contribution in [0.25, 0.3) is 0 Å². The molecule has 0 aliphatic rings. The molecule has 0 fully saturated rings. The maximum Gasteiger partial charge on any atom is 0.337 e. The highest BCUT2D eigenvalue weighted by Gasteiger charge is 2.25. The van der Waals surface area contributed by atoms with Crippen molar-refractivity contribution < 1.29 is 14.7 Å². The van der Waals surface area contributed by atoms with Crippen LogP contribution in [0.3, 0.4) is 0 Å². The maximum atomic E-state index is 11.8. The molecule has 0 bridgehead atoms. The number of carbonyl (C=O) groups excluding carboxylic acids is 1. The monoisotopic (exact) mass is 270 g/mol. The van der Waals surface area contributed by atoms with Gasteiger partial charge in [0.15, 0.2) is 0 Å². The van der Waals surface area contributed by atoms with E-state index in [2.05, 4.69) is 5.32 Å². The topological polar surface area (TPSA) is 92.4 Å². The molecule has 1 amide bonds. The molecule has 0 aliphatic carbocycles. The van der Waals surface area contributed by atoms with Crippen LogP contribution in [0.2, 0.25) is 5.02 Å². The second-order valence-corrected chi connectivity index (χ2v) is 4.95. The van der Waals surface area contributed by atoms with Gasteiger partial charge >= 0.3 is 5.97 Å². The number of anilines is 1. The van der Waals surface area contributed by atoms with Gasteiger partial charge in [-0.05, 0) is 32.0 Å². The lowest BCUT2D eigenvalue weighted by Gasteiger charge is -2.21. The van der Waals surface area contributed by atoms with Crippen molar-refractivity contribution in [3.05, 3.63) is 28.8 Å². The number of rotatable bonds is 4. The first kappa shape index (κ1) is 14.5. The van der Waals surface area contributed by atoms with Crippen LogP contribution in [-0.2, 0) is 4.79 Å². The number of aromatic carboxylic acids is 1.